The molecule has 0 heterocycles. The summed E-state index contributed by atoms with van der Waals surface area (Å²) in [5.74, 6) is 0. The third-order valence-electron chi connectivity index (χ3n) is 2.30. The van der Waals surface area contributed by atoms with Gasteiger partial charge >= 0.3 is 0 Å². The Bertz CT molecular complexity index is 287. The smallest absolute Gasteiger partial charge is 0.0998 e. The number of unbranched alkanes of at least 4 members (excludes halogenated alkanes) is 1. The molecule has 0 fully saturated rings. The monoisotopic (exact) mass is 190 g/mol. The molecule has 0 unspecified atom stereocenters. The predicted octanol–water partition coefficient (Wildman–Crippen LogP) is 3.47. The molecule has 0 bridgehead atoms. The van der Waals surface area contributed by atoms with Crippen LogP contribution in [0.4, 0.5) is 0 Å². The van der Waals surface area contributed by atoms with E-state index in [4.69, 9.17) is 0 Å². The van der Waals surface area contributed by atoms with E-state index in [1.54, 1.807) is 0 Å². The maximum Gasteiger partial charge on any atom is 0.0998 e. The van der Waals surface area contributed by atoms with E-state index < -0.39 is 6.10 Å². The average Bonchev–Trinajstić information content (AvgIpc) is 2.26. The Morgan fingerprint density at radius 1 is 1.36 bits per heavy atom. The average molecular weight is 190 g/mol. The first kappa shape index (κ1) is 11.0. The Labute approximate surface area is 86.1 Å². The Balaban J connectivity index is 2.70. The number of allylic oxidation sites excluding steroid dienone is 1. The van der Waals surface area contributed by atoms with Crippen LogP contribution in [0, 0.1) is 0 Å². The molecule has 0 aliphatic carbocycles. The summed E-state index contributed by atoms with van der Waals surface area (Å²) in [5, 5.41) is 9.95. The van der Waals surface area contributed by atoms with E-state index in [-0.39, 0.29) is 0 Å². The van der Waals surface area contributed by atoms with Gasteiger partial charge in [-0.25, -0.2) is 0 Å². The van der Waals surface area contributed by atoms with E-state index in [1.165, 1.54) is 0 Å². The van der Waals surface area contributed by atoms with Crippen LogP contribution >= 0.6 is 0 Å². The second kappa shape index (κ2) is 5.61. The van der Waals surface area contributed by atoms with E-state index in [0.717, 1.165) is 24.0 Å². The van der Waals surface area contributed by atoms with E-state index >= 15 is 0 Å². The quantitative estimate of drug-likeness (QED) is 0.721. The van der Waals surface area contributed by atoms with Crippen molar-refractivity contribution in [3.05, 3.63) is 47.5 Å². The van der Waals surface area contributed by atoms with Crippen molar-refractivity contribution in [1.29, 1.82) is 0 Å². The summed E-state index contributed by atoms with van der Waals surface area (Å²) in [6, 6.07) is 9.76. The highest BCUT2D eigenvalue weighted by Crippen LogP contribution is 2.20. The lowest BCUT2D eigenvalue weighted by Crippen LogP contribution is -1.98. The maximum atomic E-state index is 9.95. The first-order chi connectivity index (χ1) is 6.75. The fourth-order valence-electron chi connectivity index (χ4n) is 1.38. The summed E-state index contributed by atoms with van der Waals surface area (Å²) in [6.45, 7) is 4.12. The Morgan fingerprint density at radius 2 is 2.00 bits per heavy atom. The summed E-state index contributed by atoms with van der Waals surface area (Å²) in [7, 11) is 0. The lowest BCUT2D eigenvalue weighted by Gasteiger charge is -2.11. The molecule has 0 aliphatic heterocycles. The Hall–Kier alpha value is -1.08. The minimum atomic E-state index is -0.442. The summed E-state index contributed by atoms with van der Waals surface area (Å²) in [6.07, 6.45) is 3.83. The molecule has 1 heteroatoms. The molecule has 0 saturated carbocycles. The molecular formula is C13H18O. The molecule has 1 N–H and O–H groups in total. The van der Waals surface area contributed by atoms with Crippen molar-refractivity contribution in [2.75, 3.05) is 0 Å². The molecule has 1 aromatic carbocycles. The molecule has 1 nitrogen and oxygen atoms in total. The Kier molecular flexibility index (Phi) is 4.41. The van der Waals surface area contributed by atoms with E-state index in [0.29, 0.717) is 0 Å². The van der Waals surface area contributed by atoms with Crippen LogP contribution in [-0.2, 0) is 0 Å². The van der Waals surface area contributed by atoms with Crippen molar-refractivity contribution < 1.29 is 5.11 Å². The third kappa shape index (κ3) is 3.00. The molecule has 76 valence electrons. The molecule has 0 aromatic heterocycles. The van der Waals surface area contributed by atoms with Crippen molar-refractivity contribution in [3.63, 3.8) is 0 Å². The van der Waals surface area contributed by atoms with Gasteiger partial charge in [0.25, 0.3) is 0 Å². The van der Waals surface area contributed by atoms with Crippen LogP contribution in [-0.4, -0.2) is 5.11 Å². The van der Waals surface area contributed by atoms with Crippen molar-refractivity contribution in [3.8, 4) is 0 Å². The molecular weight excluding hydrogens is 172 g/mol. The predicted molar refractivity (Wildman–Crippen MR) is 60.1 cm³/mol. The van der Waals surface area contributed by atoms with E-state index in [9.17, 15) is 5.11 Å². The normalized spacial score (nSPS) is 14.1. The second-order valence-electron chi connectivity index (χ2n) is 3.55. The number of hydrogen-bond acceptors (Lipinski definition) is 1. The van der Waals surface area contributed by atoms with Gasteiger partial charge in [0, 0.05) is 0 Å². The number of hydrogen-bond donors (Lipinski definition) is 1. The SMILES string of the molecule is CCC/C=C(\C)[C@@H](O)c1ccccc1. The fraction of sp³-hybridized carbons (Fsp3) is 0.385. The van der Waals surface area contributed by atoms with Crippen LogP contribution in [0.1, 0.15) is 38.4 Å². The molecule has 0 amide bonds. The van der Waals surface area contributed by atoms with Gasteiger partial charge in [-0.1, -0.05) is 49.8 Å². The minimum absolute atomic E-state index is 0.442. The van der Waals surface area contributed by atoms with Gasteiger partial charge < -0.3 is 5.11 Å². The Morgan fingerprint density at radius 3 is 2.57 bits per heavy atom. The highest BCUT2D eigenvalue weighted by Gasteiger charge is 2.07. The highest BCUT2D eigenvalue weighted by molar-refractivity contribution is 5.24. The van der Waals surface area contributed by atoms with E-state index in [2.05, 4.69) is 13.0 Å². The molecule has 0 spiro atoms. The van der Waals surface area contributed by atoms with Gasteiger partial charge in [-0.3, -0.25) is 0 Å². The van der Waals surface area contributed by atoms with Crippen LogP contribution in [0.15, 0.2) is 42.0 Å². The maximum absolute atomic E-state index is 9.95. The lowest BCUT2D eigenvalue weighted by molar-refractivity contribution is 0.215. The van der Waals surface area contributed by atoms with E-state index in [1.807, 2.05) is 37.3 Å². The largest absolute Gasteiger partial charge is 0.384 e. The zero-order valence-corrected chi connectivity index (χ0v) is 8.90. The summed E-state index contributed by atoms with van der Waals surface area (Å²) >= 11 is 0. The van der Waals surface area contributed by atoms with Gasteiger partial charge in [-0.15, -0.1) is 0 Å². The van der Waals surface area contributed by atoms with Gasteiger partial charge in [-0.2, -0.15) is 0 Å². The van der Waals surface area contributed by atoms with Crippen molar-refractivity contribution >= 4 is 0 Å². The first-order valence-electron chi connectivity index (χ1n) is 5.15. The van der Waals surface area contributed by atoms with Crippen LogP contribution in [0.2, 0.25) is 0 Å². The minimum Gasteiger partial charge on any atom is -0.384 e. The van der Waals surface area contributed by atoms with Crippen LogP contribution in [0.5, 0.6) is 0 Å². The molecule has 1 rings (SSSR count). The summed E-state index contributed by atoms with van der Waals surface area (Å²) in [5.41, 5.74) is 2.01. The van der Waals surface area contributed by atoms with Crippen LogP contribution in [0.3, 0.4) is 0 Å². The molecule has 14 heavy (non-hydrogen) atoms. The van der Waals surface area contributed by atoms with Crippen molar-refractivity contribution in [2.45, 2.75) is 32.8 Å². The van der Waals surface area contributed by atoms with Crippen molar-refractivity contribution in [2.24, 2.45) is 0 Å². The highest BCUT2D eigenvalue weighted by atomic mass is 16.3. The van der Waals surface area contributed by atoms with Gasteiger partial charge in [0.2, 0.25) is 0 Å². The number of aliphatic hydroxyl groups excluding tert-OH is 1. The van der Waals surface area contributed by atoms with Crippen molar-refractivity contribution in [1.82, 2.24) is 0 Å². The zero-order valence-electron chi connectivity index (χ0n) is 8.90. The third-order valence-corrected chi connectivity index (χ3v) is 2.30. The molecule has 0 aliphatic rings. The topological polar surface area (TPSA) is 20.2 Å². The first-order valence-corrected chi connectivity index (χ1v) is 5.15. The van der Waals surface area contributed by atoms with Gasteiger partial charge in [0.1, 0.15) is 0 Å². The van der Waals surface area contributed by atoms with Gasteiger partial charge in [-0.05, 0) is 24.5 Å². The van der Waals surface area contributed by atoms with Crippen LogP contribution in [0.25, 0.3) is 0 Å². The number of rotatable bonds is 4. The summed E-state index contributed by atoms with van der Waals surface area (Å²) < 4.78 is 0. The van der Waals surface area contributed by atoms with Crippen LogP contribution < -0.4 is 0 Å². The standard InChI is InChI=1S/C13H18O/c1-3-4-8-11(2)13(14)12-9-6-5-7-10-12/h5-10,13-14H,3-4H2,1-2H3/b11-8+/t13-/m1/s1. The fourth-order valence-corrected chi connectivity index (χ4v) is 1.38. The molecule has 0 saturated heterocycles. The van der Waals surface area contributed by atoms with Gasteiger partial charge in [0.05, 0.1) is 6.10 Å². The molecule has 1 atom stereocenters. The second-order valence-corrected chi connectivity index (χ2v) is 3.55. The number of benzene rings is 1. The lowest BCUT2D eigenvalue weighted by atomic mass is 10.0. The number of aliphatic hydroxyl groups is 1. The zero-order chi connectivity index (χ0) is 10.4. The molecule has 1 aromatic rings. The summed E-state index contributed by atoms with van der Waals surface area (Å²) in [4.78, 5) is 0. The van der Waals surface area contributed by atoms with Gasteiger partial charge in [0.15, 0.2) is 0 Å². The molecule has 0 radical (unpaired) electrons.